The number of hydrogen-bond acceptors (Lipinski definition) is 2. The molecule has 3 rings (SSSR count). The van der Waals surface area contributed by atoms with Gasteiger partial charge in [-0.25, -0.2) is 0 Å². The Labute approximate surface area is 143 Å². The maximum absolute atomic E-state index is 6.40. The van der Waals surface area contributed by atoms with Gasteiger partial charge in [0.25, 0.3) is 0 Å². The molecule has 21 heavy (non-hydrogen) atoms. The average Bonchev–Trinajstić information content (AvgIpc) is 2.54. The van der Waals surface area contributed by atoms with E-state index in [0.29, 0.717) is 16.1 Å². The van der Waals surface area contributed by atoms with Crippen LogP contribution >= 0.6 is 39.1 Å². The summed E-state index contributed by atoms with van der Waals surface area (Å²) in [7, 11) is 0. The van der Waals surface area contributed by atoms with Crippen LogP contribution in [-0.4, -0.2) is 19.6 Å². The summed E-state index contributed by atoms with van der Waals surface area (Å²) >= 11 is 16.0. The molecule has 1 aliphatic heterocycles. The molecule has 0 radical (unpaired) electrons. The van der Waals surface area contributed by atoms with Gasteiger partial charge in [0.15, 0.2) is 0 Å². The van der Waals surface area contributed by atoms with Crippen molar-refractivity contribution < 1.29 is 0 Å². The standard InChI is InChI=1S/C16H15BrCl2N2/c17-12-6-7-14(16(19)15(12)18)21-9-8-20-13(10-21)11-4-2-1-3-5-11/h1-7,13,20H,8-10H2. The minimum Gasteiger partial charge on any atom is -0.367 e. The van der Waals surface area contributed by atoms with Crippen LogP contribution < -0.4 is 10.2 Å². The molecule has 2 nitrogen and oxygen atoms in total. The highest BCUT2D eigenvalue weighted by molar-refractivity contribution is 9.10. The van der Waals surface area contributed by atoms with E-state index in [0.717, 1.165) is 29.8 Å². The predicted molar refractivity (Wildman–Crippen MR) is 93.6 cm³/mol. The summed E-state index contributed by atoms with van der Waals surface area (Å²) in [6.45, 7) is 2.71. The van der Waals surface area contributed by atoms with Gasteiger partial charge in [-0.15, -0.1) is 0 Å². The Morgan fingerprint density at radius 3 is 2.57 bits per heavy atom. The van der Waals surface area contributed by atoms with Gasteiger partial charge < -0.3 is 10.2 Å². The Morgan fingerprint density at radius 2 is 1.81 bits per heavy atom. The lowest BCUT2D eigenvalue weighted by molar-refractivity contribution is 0.472. The van der Waals surface area contributed by atoms with Crippen LogP contribution in [0.2, 0.25) is 10.0 Å². The fourth-order valence-electron chi connectivity index (χ4n) is 2.64. The van der Waals surface area contributed by atoms with Crippen LogP contribution in [0.1, 0.15) is 11.6 Å². The molecular formula is C16H15BrCl2N2. The molecule has 1 unspecified atom stereocenters. The third kappa shape index (κ3) is 3.21. The molecule has 0 bridgehead atoms. The van der Waals surface area contributed by atoms with Crippen LogP contribution in [0.15, 0.2) is 46.9 Å². The highest BCUT2D eigenvalue weighted by Gasteiger charge is 2.23. The molecule has 110 valence electrons. The summed E-state index contributed by atoms with van der Waals surface area (Å²) in [6, 6.07) is 14.7. The highest BCUT2D eigenvalue weighted by atomic mass is 79.9. The number of anilines is 1. The molecule has 5 heteroatoms. The normalized spacial score (nSPS) is 18.8. The molecule has 2 aromatic rings. The molecule has 0 spiro atoms. The van der Waals surface area contributed by atoms with Crippen LogP contribution in [0.3, 0.4) is 0 Å². The van der Waals surface area contributed by atoms with E-state index in [1.165, 1.54) is 5.56 Å². The number of nitrogens with zero attached hydrogens (tertiary/aromatic N) is 1. The molecule has 0 saturated carbocycles. The molecule has 1 heterocycles. The van der Waals surface area contributed by atoms with Crippen molar-refractivity contribution >= 4 is 44.8 Å². The van der Waals surface area contributed by atoms with Gasteiger partial charge >= 0.3 is 0 Å². The van der Waals surface area contributed by atoms with Gasteiger partial charge in [-0.05, 0) is 33.6 Å². The number of halogens is 3. The first-order valence-electron chi connectivity index (χ1n) is 6.83. The van der Waals surface area contributed by atoms with Gasteiger partial charge in [0.05, 0.1) is 15.7 Å². The monoisotopic (exact) mass is 384 g/mol. The van der Waals surface area contributed by atoms with Gasteiger partial charge in [0, 0.05) is 30.1 Å². The molecule has 1 N–H and O–H groups in total. The van der Waals surface area contributed by atoms with E-state index in [1.807, 2.05) is 18.2 Å². The summed E-state index contributed by atoms with van der Waals surface area (Å²) in [5.74, 6) is 0. The van der Waals surface area contributed by atoms with Crippen molar-refractivity contribution in [2.24, 2.45) is 0 Å². The fraction of sp³-hybridized carbons (Fsp3) is 0.250. The Morgan fingerprint density at radius 1 is 1.05 bits per heavy atom. The maximum Gasteiger partial charge on any atom is 0.0837 e. The van der Waals surface area contributed by atoms with Crippen molar-refractivity contribution in [3.63, 3.8) is 0 Å². The molecule has 1 saturated heterocycles. The van der Waals surface area contributed by atoms with Crippen molar-refractivity contribution in [1.29, 1.82) is 0 Å². The van der Waals surface area contributed by atoms with Crippen LogP contribution in [0.4, 0.5) is 5.69 Å². The first kappa shape index (κ1) is 15.2. The Balaban J connectivity index is 1.85. The zero-order valence-electron chi connectivity index (χ0n) is 11.3. The van der Waals surface area contributed by atoms with Crippen LogP contribution in [0, 0.1) is 0 Å². The van der Waals surface area contributed by atoms with E-state index >= 15 is 0 Å². The van der Waals surface area contributed by atoms with Gasteiger partial charge in [-0.3, -0.25) is 0 Å². The summed E-state index contributed by atoms with van der Waals surface area (Å²) in [6.07, 6.45) is 0. The van der Waals surface area contributed by atoms with Crippen LogP contribution in [0.5, 0.6) is 0 Å². The second-order valence-electron chi connectivity index (χ2n) is 5.06. The lowest BCUT2D eigenvalue weighted by atomic mass is 10.0. The first-order valence-corrected chi connectivity index (χ1v) is 8.38. The maximum atomic E-state index is 6.40. The summed E-state index contributed by atoms with van der Waals surface area (Å²) in [5.41, 5.74) is 2.29. The van der Waals surface area contributed by atoms with Crippen molar-refractivity contribution in [3.8, 4) is 0 Å². The number of rotatable bonds is 2. The minimum atomic E-state index is 0.304. The summed E-state index contributed by atoms with van der Waals surface area (Å²) in [4.78, 5) is 2.29. The quantitative estimate of drug-likeness (QED) is 0.739. The molecule has 1 atom stereocenters. The first-order chi connectivity index (χ1) is 10.2. The SMILES string of the molecule is Clc1c(Br)ccc(N2CCNC(c3ccccc3)C2)c1Cl. The van der Waals surface area contributed by atoms with Crippen LogP contribution in [-0.2, 0) is 0 Å². The zero-order valence-corrected chi connectivity index (χ0v) is 14.4. The van der Waals surface area contributed by atoms with Crippen molar-refractivity contribution in [2.45, 2.75) is 6.04 Å². The third-order valence-electron chi connectivity index (χ3n) is 3.73. The van der Waals surface area contributed by atoms with Crippen LogP contribution in [0.25, 0.3) is 0 Å². The smallest absolute Gasteiger partial charge is 0.0837 e. The fourth-order valence-corrected chi connectivity index (χ4v) is 3.53. The molecule has 1 aliphatic rings. The van der Waals surface area contributed by atoms with Gasteiger partial charge in [-0.2, -0.15) is 0 Å². The Hall–Kier alpha value is -0.740. The second-order valence-corrected chi connectivity index (χ2v) is 6.67. The molecule has 0 amide bonds. The van der Waals surface area contributed by atoms with Crippen molar-refractivity contribution in [1.82, 2.24) is 5.32 Å². The molecule has 0 aliphatic carbocycles. The molecule has 0 aromatic heterocycles. The van der Waals surface area contributed by atoms with E-state index < -0.39 is 0 Å². The van der Waals surface area contributed by atoms with Gasteiger partial charge in [0.1, 0.15) is 0 Å². The lowest BCUT2D eigenvalue weighted by Gasteiger charge is -2.36. The number of hydrogen-bond donors (Lipinski definition) is 1. The largest absolute Gasteiger partial charge is 0.367 e. The van der Waals surface area contributed by atoms with Crippen molar-refractivity contribution in [3.05, 3.63) is 62.5 Å². The number of piperazine rings is 1. The summed E-state index contributed by atoms with van der Waals surface area (Å²) < 4.78 is 0.827. The Kier molecular flexibility index (Phi) is 4.75. The molecule has 2 aromatic carbocycles. The van der Waals surface area contributed by atoms with E-state index in [1.54, 1.807) is 0 Å². The minimum absolute atomic E-state index is 0.304. The summed E-state index contributed by atoms with van der Waals surface area (Å²) in [5, 5.41) is 4.74. The second kappa shape index (κ2) is 6.57. The van der Waals surface area contributed by atoms with E-state index in [2.05, 4.69) is 50.4 Å². The van der Waals surface area contributed by atoms with Crippen molar-refractivity contribution in [2.75, 3.05) is 24.5 Å². The highest BCUT2D eigenvalue weighted by Crippen LogP contribution is 2.38. The molecular weight excluding hydrogens is 371 g/mol. The van der Waals surface area contributed by atoms with E-state index in [9.17, 15) is 0 Å². The average molecular weight is 386 g/mol. The third-order valence-corrected chi connectivity index (χ3v) is 5.49. The topological polar surface area (TPSA) is 15.3 Å². The predicted octanol–water partition coefficient (Wildman–Crippen LogP) is 4.91. The molecule has 1 fully saturated rings. The van der Waals surface area contributed by atoms with Gasteiger partial charge in [-0.1, -0.05) is 53.5 Å². The Bertz CT molecular complexity index is 634. The zero-order chi connectivity index (χ0) is 14.8. The van der Waals surface area contributed by atoms with E-state index in [4.69, 9.17) is 23.2 Å². The van der Waals surface area contributed by atoms with E-state index in [-0.39, 0.29) is 0 Å². The lowest BCUT2D eigenvalue weighted by Crippen LogP contribution is -2.46. The number of benzene rings is 2. The van der Waals surface area contributed by atoms with Gasteiger partial charge in [0.2, 0.25) is 0 Å². The number of nitrogens with one attached hydrogen (secondary N) is 1.